The molecule has 4 rings (SSSR count). The lowest BCUT2D eigenvalue weighted by Crippen LogP contribution is -2.10. The van der Waals surface area contributed by atoms with Crippen LogP contribution >= 0.6 is 0 Å². The Kier molecular flexibility index (Phi) is 3.87. The fraction of sp³-hybridized carbons (Fsp3) is 0.318. The van der Waals surface area contributed by atoms with Crippen LogP contribution in [0, 0.1) is 0 Å². The zero-order valence-electron chi connectivity index (χ0n) is 14.9. The third-order valence-electron chi connectivity index (χ3n) is 5.59. The fourth-order valence-corrected chi connectivity index (χ4v) is 4.15. The van der Waals surface area contributed by atoms with Gasteiger partial charge in [0.1, 0.15) is 0 Å². The van der Waals surface area contributed by atoms with Crippen LogP contribution in [0.15, 0.2) is 42.5 Å². The van der Waals surface area contributed by atoms with E-state index >= 15 is 0 Å². The molecule has 2 N–H and O–H groups in total. The van der Waals surface area contributed by atoms with E-state index in [4.69, 9.17) is 5.73 Å². The summed E-state index contributed by atoms with van der Waals surface area (Å²) in [5, 5.41) is 1.26. The molecule has 1 atom stereocenters. The number of benzene rings is 2. The minimum atomic E-state index is -0.364. The van der Waals surface area contributed by atoms with Crippen LogP contribution in [0.5, 0.6) is 0 Å². The summed E-state index contributed by atoms with van der Waals surface area (Å²) >= 11 is 0. The van der Waals surface area contributed by atoms with Crippen molar-refractivity contribution in [1.82, 2.24) is 4.57 Å². The van der Waals surface area contributed by atoms with Crippen LogP contribution in [0.25, 0.3) is 22.2 Å². The Bertz CT molecular complexity index is 968. The SMILES string of the molecule is CCC(C)c1c2n(c3cc(C(N)=O)ccc13)CCCc1ccccc1-2. The fourth-order valence-electron chi connectivity index (χ4n) is 4.15. The molecule has 1 aliphatic heterocycles. The van der Waals surface area contributed by atoms with Crippen molar-refractivity contribution in [2.24, 2.45) is 5.73 Å². The van der Waals surface area contributed by atoms with Gasteiger partial charge in [-0.2, -0.15) is 0 Å². The predicted molar refractivity (Wildman–Crippen MR) is 103 cm³/mol. The number of hydrogen-bond donors (Lipinski definition) is 1. The molecule has 1 aliphatic rings. The monoisotopic (exact) mass is 332 g/mol. The summed E-state index contributed by atoms with van der Waals surface area (Å²) in [4.78, 5) is 11.7. The summed E-state index contributed by atoms with van der Waals surface area (Å²) < 4.78 is 2.41. The standard InChI is InChI=1S/C22H24N2O/c1-3-14(2)20-18-11-10-16(22(23)25)13-19(18)24-12-6-8-15-7-4-5-9-17(15)21(20)24/h4-5,7,9-11,13-14H,3,6,8,12H2,1-2H3,(H2,23,25). The lowest BCUT2D eigenvalue weighted by Gasteiger charge is -2.15. The van der Waals surface area contributed by atoms with E-state index in [1.165, 1.54) is 27.8 Å². The first-order chi connectivity index (χ1) is 12.1. The number of primary amides is 1. The summed E-state index contributed by atoms with van der Waals surface area (Å²) in [6.45, 7) is 5.51. The second-order valence-electron chi connectivity index (χ2n) is 7.08. The summed E-state index contributed by atoms with van der Waals surface area (Å²) in [5.41, 5.74) is 12.8. The van der Waals surface area contributed by atoms with Crippen molar-refractivity contribution in [3.05, 3.63) is 59.2 Å². The number of fused-ring (bicyclic) bond motifs is 5. The highest BCUT2D eigenvalue weighted by molar-refractivity contribution is 6.00. The van der Waals surface area contributed by atoms with Gasteiger partial charge in [0.2, 0.25) is 5.91 Å². The third kappa shape index (κ3) is 2.46. The number of carbonyl (C=O) groups excluding carboxylic acids is 1. The average molecular weight is 332 g/mol. The minimum Gasteiger partial charge on any atom is -0.366 e. The van der Waals surface area contributed by atoms with E-state index in [-0.39, 0.29) is 5.91 Å². The van der Waals surface area contributed by atoms with E-state index in [1.54, 1.807) is 0 Å². The van der Waals surface area contributed by atoms with Gasteiger partial charge in [0.25, 0.3) is 0 Å². The van der Waals surface area contributed by atoms with Gasteiger partial charge < -0.3 is 10.3 Å². The van der Waals surface area contributed by atoms with E-state index in [9.17, 15) is 4.79 Å². The molecule has 0 radical (unpaired) electrons. The van der Waals surface area contributed by atoms with Crippen LogP contribution in [0.3, 0.4) is 0 Å². The molecule has 2 aromatic carbocycles. The first-order valence-corrected chi connectivity index (χ1v) is 9.16. The van der Waals surface area contributed by atoms with Crippen molar-refractivity contribution in [2.45, 2.75) is 45.6 Å². The number of carbonyl (C=O) groups is 1. The molecule has 25 heavy (non-hydrogen) atoms. The topological polar surface area (TPSA) is 48.0 Å². The summed E-state index contributed by atoms with van der Waals surface area (Å²) in [6, 6.07) is 14.7. The largest absolute Gasteiger partial charge is 0.366 e. The highest BCUT2D eigenvalue weighted by Crippen LogP contribution is 2.42. The predicted octanol–water partition coefficient (Wildman–Crippen LogP) is 4.87. The number of rotatable bonds is 3. The number of nitrogens with zero attached hydrogens (tertiary/aromatic N) is 1. The molecule has 3 heteroatoms. The van der Waals surface area contributed by atoms with Gasteiger partial charge in [0.05, 0.1) is 5.69 Å². The maximum atomic E-state index is 11.7. The zero-order valence-corrected chi connectivity index (χ0v) is 14.9. The van der Waals surface area contributed by atoms with Crippen LogP contribution in [0.4, 0.5) is 0 Å². The molecule has 1 unspecified atom stereocenters. The Labute approximate surface area is 148 Å². The van der Waals surface area contributed by atoms with E-state index in [1.807, 2.05) is 12.1 Å². The van der Waals surface area contributed by atoms with E-state index in [2.05, 4.69) is 48.7 Å². The normalized spacial score (nSPS) is 14.6. The van der Waals surface area contributed by atoms with Crippen LogP contribution in [0.2, 0.25) is 0 Å². The average Bonchev–Trinajstić information content (AvgIpc) is 2.82. The first kappa shape index (κ1) is 15.9. The Hall–Kier alpha value is -2.55. The van der Waals surface area contributed by atoms with Crippen LogP contribution < -0.4 is 5.73 Å². The van der Waals surface area contributed by atoms with Gasteiger partial charge in [0, 0.05) is 28.6 Å². The number of hydrogen-bond acceptors (Lipinski definition) is 1. The number of nitrogens with two attached hydrogens (primary N) is 1. The molecule has 1 amide bonds. The van der Waals surface area contributed by atoms with Gasteiger partial charge in [0.15, 0.2) is 0 Å². The van der Waals surface area contributed by atoms with E-state index in [0.717, 1.165) is 31.3 Å². The van der Waals surface area contributed by atoms with Gasteiger partial charge in [-0.25, -0.2) is 0 Å². The maximum Gasteiger partial charge on any atom is 0.248 e. The van der Waals surface area contributed by atoms with Gasteiger partial charge >= 0.3 is 0 Å². The van der Waals surface area contributed by atoms with Gasteiger partial charge in [-0.3, -0.25) is 4.79 Å². The van der Waals surface area contributed by atoms with Gasteiger partial charge in [-0.05, 0) is 48.4 Å². The summed E-state index contributed by atoms with van der Waals surface area (Å²) in [5.74, 6) is 0.0981. The molecule has 0 saturated carbocycles. The molecule has 2 heterocycles. The number of aryl methyl sites for hydroxylation is 2. The van der Waals surface area contributed by atoms with E-state index in [0.29, 0.717) is 11.5 Å². The first-order valence-electron chi connectivity index (χ1n) is 9.16. The van der Waals surface area contributed by atoms with Gasteiger partial charge in [-0.15, -0.1) is 0 Å². The third-order valence-corrected chi connectivity index (χ3v) is 5.59. The van der Waals surface area contributed by atoms with Crippen molar-refractivity contribution < 1.29 is 4.79 Å². The quantitative estimate of drug-likeness (QED) is 0.731. The van der Waals surface area contributed by atoms with Crippen molar-refractivity contribution in [1.29, 1.82) is 0 Å². The Morgan fingerprint density at radius 1 is 1.24 bits per heavy atom. The van der Waals surface area contributed by atoms with Crippen LogP contribution in [0.1, 0.15) is 54.1 Å². The van der Waals surface area contributed by atoms with Crippen molar-refractivity contribution in [3.63, 3.8) is 0 Å². The highest BCUT2D eigenvalue weighted by atomic mass is 16.1. The molecule has 1 aromatic heterocycles. The lowest BCUT2D eigenvalue weighted by atomic mass is 9.90. The van der Waals surface area contributed by atoms with Crippen LogP contribution in [-0.4, -0.2) is 10.5 Å². The second kappa shape index (κ2) is 6.07. The van der Waals surface area contributed by atoms with Crippen molar-refractivity contribution >= 4 is 16.8 Å². The molecular weight excluding hydrogens is 308 g/mol. The van der Waals surface area contributed by atoms with Crippen molar-refractivity contribution in [3.8, 4) is 11.3 Å². The molecule has 3 nitrogen and oxygen atoms in total. The van der Waals surface area contributed by atoms with Gasteiger partial charge in [-0.1, -0.05) is 44.2 Å². The zero-order chi connectivity index (χ0) is 17.6. The second-order valence-corrected chi connectivity index (χ2v) is 7.08. The summed E-state index contributed by atoms with van der Waals surface area (Å²) in [6.07, 6.45) is 3.29. The summed E-state index contributed by atoms with van der Waals surface area (Å²) in [7, 11) is 0. The number of aromatic nitrogens is 1. The molecule has 0 aliphatic carbocycles. The smallest absolute Gasteiger partial charge is 0.248 e. The Morgan fingerprint density at radius 2 is 2.04 bits per heavy atom. The molecule has 0 fully saturated rings. The Balaban J connectivity index is 2.12. The number of amides is 1. The lowest BCUT2D eigenvalue weighted by molar-refractivity contribution is 0.100. The Morgan fingerprint density at radius 3 is 2.80 bits per heavy atom. The molecule has 128 valence electrons. The maximum absolute atomic E-state index is 11.7. The van der Waals surface area contributed by atoms with E-state index < -0.39 is 0 Å². The molecule has 0 spiro atoms. The van der Waals surface area contributed by atoms with Crippen molar-refractivity contribution in [2.75, 3.05) is 0 Å². The molecule has 0 bridgehead atoms. The highest BCUT2D eigenvalue weighted by Gasteiger charge is 2.25. The molecular formula is C22H24N2O. The molecule has 3 aromatic rings. The molecule has 0 saturated heterocycles. The van der Waals surface area contributed by atoms with Crippen LogP contribution in [-0.2, 0) is 13.0 Å². The minimum absolute atomic E-state index is 0.364.